The summed E-state index contributed by atoms with van der Waals surface area (Å²) in [5.74, 6) is 0.202. The molecule has 0 saturated carbocycles. The number of aliphatic imine (C=N–C) groups is 1. The molecule has 1 aromatic heterocycles. The highest BCUT2D eigenvalue weighted by Crippen LogP contribution is 2.29. The third kappa shape index (κ3) is 4.17. The van der Waals surface area contributed by atoms with Crippen molar-refractivity contribution < 1.29 is 13.2 Å². The third-order valence-corrected chi connectivity index (χ3v) is 4.57. The molecule has 0 atom stereocenters. The lowest BCUT2D eigenvalue weighted by Gasteiger charge is -2.12. The molecule has 0 saturated heterocycles. The molecule has 1 aliphatic rings. The second kappa shape index (κ2) is 7.39. The average Bonchev–Trinajstić information content (AvgIpc) is 2.93. The quantitative estimate of drug-likeness (QED) is 0.647. The zero-order chi connectivity index (χ0) is 18.7. The molecule has 0 bridgehead atoms. The Balaban J connectivity index is 1.62. The predicted octanol–water partition coefficient (Wildman–Crippen LogP) is 2.92. The molecule has 0 amide bonds. The summed E-state index contributed by atoms with van der Waals surface area (Å²) >= 11 is 0. The fraction of sp³-hybridized carbons (Fsp3) is 0.444. The summed E-state index contributed by atoms with van der Waals surface area (Å²) in [6.07, 6.45) is -0.0197. The van der Waals surface area contributed by atoms with Gasteiger partial charge in [-0.05, 0) is 48.9 Å². The first-order valence-electron chi connectivity index (χ1n) is 8.58. The van der Waals surface area contributed by atoms with Crippen molar-refractivity contribution in [3.8, 4) is 0 Å². The molecule has 0 spiro atoms. The molecule has 1 heterocycles. The first-order valence-corrected chi connectivity index (χ1v) is 8.58. The molecule has 3 rings (SSSR count). The standard InChI is InChI=1S/C18H22F3N5/c1-26-16(14-7-2-3-8-15(14)25-26)11-24-17(22)23-10-12-5-4-6-13(9-12)18(19,20)21/h4-6,9H,2-3,7-8,10-11H2,1H3,(H3,22,23,24). The number of nitrogens with zero attached hydrogens (tertiary/aromatic N) is 3. The largest absolute Gasteiger partial charge is 0.416 e. The van der Waals surface area contributed by atoms with E-state index in [1.165, 1.54) is 11.6 Å². The summed E-state index contributed by atoms with van der Waals surface area (Å²) in [4.78, 5) is 4.15. The predicted molar refractivity (Wildman–Crippen MR) is 93.5 cm³/mol. The van der Waals surface area contributed by atoms with Gasteiger partial charge in [0.1, 0.15) is 0 Å². The van der Waals surface area contributed by atoms with Gasteiger partial charge in [-0.2, -0.15) is 18.3 Å². The van der Waals surface area contributed by atoms with Crippen LogP contribution in [0.25, 0.3) is 0 Å². The molecule has 2 aromatic rings. The number of guanidine groups is 1. The first kappa shape index (κ1) is 18.3. The minimum Gasteiger partial charge on any atom is -0.370 e. The molecule has 5 nitrogen and oxygen atoms in total. The van der Waals surface area contributed by atoms with Gasteiger partial charge in [-0.3, -0.25) is 4.68 Å². The van der Waals surface area contributed by atoms with Crippen molar-refractivity contribution in [1.82, 2.24) is 15.1 Å². The highest BCUT2D eigenvalue weighted by Gasteiger charge is 2.30. The molecule has 0 aliphatic heterocycles. The van der Waals surface area contributed by atoms with Crippen LogP contribution in [0.1, 0.15) is 40.9 Å². The van der Waals surface area contributed by atoms with E-state index in [9.17, 15) is 13.2 Å². The van der Waals surface area contributed by atoms with Crippen molar-refractivity contribution >= 4 is 5.96 Å². The van der Waals surface area contributed by atoms with E-state index in [0.717, 1.165) is 49.2 Å². The lowest BCUT2D eigenvalue weighted by molar-refractivity contribution is -0.137. The molecule has 1 aliphatic carbocycles. The fourth-order valence-electron chi connectivity index (χ4n) is 3.22. The van der Waals surface area contributed by atoms with Gasteiger partial charge in [-0.15, -0.1) is 0 Å². The number of nitrogens with two attached hydrogens (primary N) is 1. The maximum Gasteiger partial charge on any atom is 0.416 e. The van der Waals surface area contributed by atoms with Crippen LogP contribution < -0.4 is 11.1 Å². The number of nitrogens with one attached hydrogen (secondary N) is 1. The number of hydrogen-bond acceptors (Lipinski definition) is 2. The van der Waals surface area contributed by atoms with Crippen LogP contribution in [0.3, 0.4) is 0 Å². The van der Waals surface area contributed by atoms with Gasteiger partial charge < -0.3 is 11.1 Å². The Bertz CT molecular complexity index is 808. The van der Waals surface area contributed by atoms with E-state index < -0.39 is 11.7 Å². The van der Waals surface area contributed by atoms with Crippen LogP contribution in [0.4, 0.5) is 13.2 Å². The van der Waals surface area contributed by atoms with E-state index >= 15 is 0 Å². The molecule has 8 heteroatoms. The van der Waals surface area contributed by atoms with Gasteiger partial charge in [-0.1, -0.05) is 12.1 Å². The van der Waals surface area contributed by atoms with E-state index in [-0.39, 0.29) is 12.5 Å². The second-order valence-corrected chi connectivity index (χ2v) is 6.46. The molecule has 1 aromatic carbocycles. The van der Waals surface area contributed by atoms with Gasteiger partial charge in [0, 0.05) is 7.05 Å². The van der Waals surface area contributed by atoms with Crippen molar-refractivity contribution in [2.24, 2.45) is 17.8 Å². The summed E-state index contributed by atoms with van der Waals surface area (Å²) in [5, 5.41) is 7.58. The summed E-state index contributed by atoms with van der Waals surface area (Å²) in [7, 11) is 1.91. The lowest BCUT2D eigenvalue weighted by atomic mass is 9.96. The SMILES string of the molecule is Cn1nc2c(c1CNC(N)=NCc1cccc(C(F)(F)F)c1)CCCC2. The molecule has 26 heavy (non-hydrogen) atoms. The summed E-state index contributed by atoms with van der Waals surface area (Å²) < 4.78 is 40.1. The fourth-order valence-corrected chi connectivity index (χ4v) is 3.22. The maximum absolute atomic E-state index is 12.7. The van der Waals surface area contributed by atoms with Crippen LogP contribution in [0.5, 0.6) is 0 Å². The number of aryl methyl sites for hydroxylation is 2. The van der Waals surface area contributed by atoms with Crippen molar-refractivity contribution in [1.29, 1.82) is 0 Å². The highest BCUT2D eigenvalue weighted by atomic mass is 19.4. The molecule has 0 fully saturated rings. The molecule has 0 radical (unpaired) electrons. The number of fused-ring (bicyclic) bond motifs is 1. The van der Waals surface area contributed by atoms with Gasteiger partial charge >= 0.3 is 6.18 Å². The molecular weight excluding hydrogens is 343 g/mol. The van der Waals surface area contributed by atoms with Gasteiger partial charge in [0.05, 0.1) is 30.0 Å². The van der Waals surface area contributed by atoms with E-state index in [1.54, 1.807) is 6.07 Å². The van der Waals surface area contributed by atoms with Gasteiger partial charge in [0.15, 0.2) is 5.96 Å². The van der Waals surface area contributed by atoms with Gasteiger partial charge in [-0.25, -0.2) is 4.99 Å². The van der Waals surface area contributed by atoms with Crippen LogP contribution >= 0.6 is 0 Å². The van der Waals surface area contributed by atoms with Gasteiger partial charge in [0.2, 0.25) is 0 Å². The zero-order valence-electron chi connectivity index (χ0n) is 14.6. The Kier molecular flexibility index (Phi) is 5.20. The number of hydrogen-bond donors (Lipinski definition) is 2. The van der Waals surface area contributed by atoms with Crippen LogP contribution in [-0.4, -0.2) is 15.7 Å². The van der Waals surface area contributed by atoms with E-state index in [0.29, 0.717) is 12.1 Å². The van der Waals surface area contributed by atoms with Crippen molar-refractivity contribution in [3.05, 3.63) is 52.3 Å². The maximum atomic E-state index is 12.7. The molecule has 140 valence electrons. The number of halogens is 3. The number of rotatable bonds is 4. The minimum absolute atomic E-state index is 0.0895. The molecule has 0 unspecified atom stereocenters. The first-order chi connectivity index (χ1) is 12.3. The lowest BCUT2D eigenvalue weighted by Crippen LogP contribution is -2.32. The van der Waals surface area contributed by atoms with Crippen molar-refractivity contribution in [3.63, 3.8) is 0 Å². The second-order valence-electron chi connectivity index (χ2n) is 6.46. The summed E-state index contributed by atoms with van der Waals surface area (Å²) in [5.41, 5.74) is 9.16. The summed E-state index contributed by atoms with van der Waals surface area (Å²) in [6, 6.07) is 5.11. The normalized spacial score (nSPS) is 15.0. The Morgan fingerprint density at radius 2 is 2.08 bits per heavy atom. The van der Waals surface area contributed by atoms with Crippen molar-refractivity contribution in [2.75, 3.05) is 0 Å². The number of benzene rings is 1. The monoisotopic (exact) mass is 365 g/mol. The van der Waals surface area contributed by atoms with E-state index in [1.807, 2.05) is 11.7 Å². The van der Waals surface area contributed by atoms with Crippen molar-refractivity contribution in [2.45, 2.75) is 44.9 Å². The minimum atomic E-state index is -4.36. The Labute approximate surface area is 150 Å². The molecular formula is C18H22F3N5. The average molecular weight is 365 g/mol. The number of alkyl halides is 3. The summed E-state index contributed by atoms with van der Waals surface area (Å²) in [6.45, 7) is 0.586. The van der Waals surface area contributed by atoms with Crippen LogP contribution in [0.15, 0.2) is 29.3 Å². The number of aromatic nitrogens is 2. The Morgan fingerprint density at radius 1 is 1.31 bits per heavy atom. The Morgan fingerprint density at radius 3 is 2.85 bits per heavy atom. The van der Waals surface area contributed by atoms with E-state index in [2.05, 4.69) is 15.4 Å². The van der Waals surface area contributed by atoms with Gasteiger partial charge in [0.25, 0.3) is 0 Å². The van der Waals surface area contributed by atoms with E-state index in [4.69, 9.17) is 5.73 Å². The highest BCUT2D eigenvalue weighted by molar-refractivity contribution is 5.77. The smallest absolute Gasteiger partial charge is 0.370 e. The Hall–Kier alpha value is -2.51. The topological polar surface area (TPSA) is 68.2 Å². The van der Waals surface area contributed by atoms with Crippen LogP contribution in [-0.2, 0) is 39.2 Å². The van der Waals surface area contributed by atoms with Crippen LogP contribution in [0, 0.1) is 0 Å². The zero-order valence-corrected chi connectivity index (χ0v) is 14.6. The third-order valence-electron chi connectivity index (χ3n) is 4.57. The molecule has 3 N–H and O–H groups in total. The van der Waals surface area contributed by atoms with Crippen LogP contribution in [0.2, 0.25) is 0 Å².